The van der Waals surface area contributed by atoms with Crippen molar-refractivity contribution >= 4 is 11.6 Å². The summed E-state index contributed by atoms with van der Waals surface area (Å²) in [5.41, 5.74) is 7.40. The maximum Gasteiger partial charge on any atom is 0.161 e. The molecule has 0 aliphatic rings. The number of methoxy groups -OCH3 is 2. The van der Waals surface area contributed by atoms with Crippen LogP contribution in [0.5, 0.6) is 11.5 Å². The summed E-state index contributed by atoms with van der Waals surface area (Å²) in [5.74, 6) is 0.862. The third-order valence-electron chi connectivity index (χ3n) is 3.32. The molecule has 0 aromatic heterocycles. The minimum absolute atomic E-state index is 0.307. The summed E-state index contributed by atoms with van der Waals surface area (Å²) in [6, 6.07) is 9.61. The van der Waals surface area contributed by atoms with Gasteiger partial charge in [0.05, 0.1) is 14.2 Å². The highest BCUT2D eigenvalue weighted by atomic mass is 35.5. The Labute approximate surface area is 128 Å². The molecule has 5 heteroatoms. The Hall–Kier alpha value is -1.78. The van der Waals surface area contributed by atoms with Crippen LogP contribution in [0.25, 0.3) is 0 Å². The quantitative estimate of drug-likeness (QED) is 0.915. The van der Waals surface area contributed by atoms with Crippen LogP contribution in [0.2, 0.25) is 5.02 Å². The molecule has 0 fully saturated rings. The van der Waals surface area contributed by atoms with E-state index in [1.807, 2.05) is 6.07 Å². The first kappa shape index (κ1) is 15.6. The molecule has 1 unspecified atom stereocenters. The van der Waals surface area contributed by atoms with Gasteiger partial charge in [-0.1, -0.05) is 23.7 Å². The Morgan fingerprint density at radius 3 is 2.48 bits per heavy atom. The normalized spacial score (nSPS) is 12.0. The minimum Gasteiger partial charge on any atom is -0.493 e. The average Bonchev–Trinajstić information content (AvgIpc) is 2.50. The van der Waals surface area contributed by atoms with Gasteiger partial charge in [-0.2, -0.15) is 0 Å². The number of nitrogens with two attached hydrogens (primary N) is 1. The number of halogens is 2. The lowest BCUT2D eigenvalue weighted by Crippen LogP contribution is -2.14. The summed E-state index contributed by atoms with van der Waals surface area (Å²) < 4.78 is 24.2. The molecule has 2 aromatic carbocycles. The largest absolute Gasteiger partial charge is 0.493 e. The van der Waals surface area contributed by atoms with Crippen molar-refractivity contribution in [3.8, 4) is 11.5 Å². The molecule has 0 aliphatic carbocycles. The van der Waals surface area contributed by atoms with Gasteiger partial charge in [-0.15, -0.1) is 0 Å². The zero-order chi connectivity index (χ0) is 15.4. The lowest BCUT2D eigenvalue weighted by atomic mass is 9.99. The molecule has 2 aromatic rings. The van der Waals surface area contributed by atoms with Crippen LogP contribution in [0.4, 0.5) is 4.39 Å². The molecule has 0 spiro atoms. The van der Waals surface area contributed by atoms with Crippen molar-refractivity contribution in [2.75, 3.05) is 14.2 Å². The molecule has 0 bridgehead atoms. The van der Waals surface area contributed by atoms with E-state index in [4.69, 9.17) is 26.8 Å². The van der Waals surface area contributed by atoms with Gasteiger partial charge in [-0.05, 0) is 36.2 Å². The van der Waals surface area contributed by atoms with Crippen LogP contribution in [0.3, 0.4) is 0 Å². The van der Waals surface area contributed by atoms with Gasteiger partial charge in [0.1, 0.15) is 5.82 Å². The Kier molecular flexibility index (Phi) is 5.04. The third kappa shape index (κ3) is 3.46. The predicted octanol–water partition coefficient (Wildman–Crippen LogP) is 3.74. The molecule has 2 rings (SSSR count). The van der Waals surface area contributed by atoms with Gasteiger partial charge in [0, 0.05) is 16.6 Å². The fourth-order valence-corrected chi connectivity index (χ4v) is 2.39. The SMILES string of the molecule is COc1ccc(C(N)Cc2c(F)cccc2Cl)cc1OC. The van der Waals surface area contributed by atoms with Gasteiger partial charge < -0.3 is 15.2 Å². The molecule has 0 saturated carbocycles. The van der Waals surface area contributed by atoms with E-state index in [1.165, 1.54) is 6.07 Å². The Bertz CT molecular complexity index is 613. The summed E-state index contributed by atoms with van der Waals surface area (Å²) in [6.45, 7) is 0. The fraction of sp³-hybridized carbons (Fsp3) is 0.250. The van der Waals surface area contributed by atoms with Crippen molar-refractivity contribution in [1.82, 2.24) is 0 Å². The van der Waals surface area contributed by atoms with E-state index < -0.39 is 0 Å². The standard InChI is InChI=1S/C16H17ClFNO2/c1-20-15-7-6-10(8-16(15)21-2)14(19)9-11-12(17)4-3-5-13(11)18/h3-8,14H,9,19H2,1-2H3. The number of hydrogen-bond acceptors (Lipinski definition) is 3. The highest BCUT2D eigenvalue weighted by Gasteiger charge is 2.15. The molecule has 0 radical (unpaired) electrons. The van der Waals surface area contributed by atoms with Crippen LogP contribution in [0, 0.1) is 5.82 Å². The van der Waals surface area contributed by atoms with Crippen LogP contribution in [-0.2, 0) is 6.42 Å². The van der Waals surface area contributed by atoms with Gasteiger partial charge in [0.15, 0.2) is 11.5 Å². The highest BCUT2D eigenvalue weighted by Crippen LogP contribution is 2.31. The van der Waals surface area contributed by atoms with Crippen LogP contribution in [-0.4, -0.2) is 14.2 Å². The van der Waals surface area contributed by atoms with Crippen LogP contribution in [0.1, 0.15) is 17.2 Å². The molecule has 3 nitrogen and oxygen atoms in total. The third-order valence-corrected chi connectivity index (χ3v) is 3.68. The van der Waals surface area contributed by atoms with E-state index in [9.17, 15) is 4.39 Å². The van der Waals surface area contributed by atoms with Crippen LogP contribution >= 0.6 is 11.6 Å². The Balaban J connectivity index is 2.26. The number of hydrogen-bond donors (Lipinski definition) is 1. The van der Waals surface area contributed by atoms with E-state index in [-0.39, 0.29) is 11.9 Å². The first-order valence-corrected chi connectivity index (χ1v) is 6.85. The molecule has 0 amide bonds. The van der Waals surface area contributed by atoms with E-state index in [2.05, 4.69) is 0 Å². The topological polar surface area (TPSA) is 44.5 Å². The monoisotopic (exact) mass is 309 g/mol. The fourth-order valence-electron chi connectivity index (χ4n) is 2.15. The molecule has 0 aliphatic heterocycles. The van der Waals surface area contributed by atoms with Gasteiger partial charge in [-0.3, -0.25) is 0 Å². The van der Waals surface area contributed by atoms with Crippen molar-refractivity contribution < 1.29 is 13.9 Å². The maximum atomic E-state index is 13.8. The lowest BCUT2D eigenvalue weighted by Gasteiger charge is -2.16. The summed E-state index contributed by atoms with van der Waals surface area (Å²) in [7, 11) is 3.12. The van der Waals surface area contributed by atoms with Crippen molar-refractivity contribution in [3.63, 3.8) is 0 Å². The number of ether oxygens (including phenoxy) is 2. The van der Waals surface area contributed by atoms with E-state index in [0.29, 0.717) is 28.5 Å². The second-order valence-corrected chi connectivity index (χ2v) is 5.03. The molecule has 0 saturated heterocycles. The van der Waals surface area contributed by atoms with E-state index >= 15 is 0 Å². The Morgan fingerprint density at radius 2 is 1.86 bits per heavy atom. The minimum atomic E-state index is -0.390. The van der Waals surface area contributed by atoms with Crippen molar-refractivity contribution in [2.45, 2.75) is 12.5 Å². The summed E-state index contributed by atoms with van der Waals surface area (Å²) in [4.78, 5) is 0. The Morgan fingerprint density at radius 1 is 1.14 bits per heavy atom. The number of benzene rings is 2. The first-order chi connectivity index (χ1) is 10.1. The smallest absolute Gasteiger partial charge is 0.161 e. The van der Waals surface area contributed by atoms with E-state index in [1.54, 1.807) is 38.5 Å². The summed E-state index contributed by atoms with van der Waals surface area (Å²) in [6.07, 6.45) is 0.307. The average molecular weight is 310 g/mol. The van der Waals surface area contributed by atoms with Gasteiger partial charge in [-0.25, -0.2) is 4.39 Å². The molecule has 21 heavy (non-hydrogen) atoms. The van der Waals surface area contributed by atoms with Gasteiger partial charge in [0.25, 0.3) is 0 Å². The molecule has 1 atom stereocenters. The lowest BCUT2D eigenvalue weighted by molar-refractivity contribution is 0.354. The second-order valence-electron chi connectivity index (χ2n) is 4.63. The van der Waals surface area contributed by atoms with Crippen molar-refractivity contribution in [3.05, 3.63) is 58.4 Å². The van der Waals surface area contributed by atoms with Crippen LogP contribution < -0.4 is 15.2 Å². The number of rotatable bonds is 5. The second kappa shape index (κ2) is 6.78. The first-order valence-electron chi connectivity index (χ1n) is 6.47. The van der Waals surface area contributed by atoms with Crippen LogP contribution in [0.15, 0.2) is 36.4 Å². The zero-order valence-corrected chi connectivity index (χ0v) is 12.7. The van der Waals surface area contributed by atoms with Gasteiger partial charge >= 0.3 is 0 Å². The maximum absolute atomic E-state index is 13.8. The van der Waals surface area contributed by atoms with Crippen molar-refractivity contribution in [2.24, 2.45) is 5.73 Å². The predicted molar refractivity (Wildman–Crippen MR) is 81.6 cm³/mol. The summed E-state index contributed by atoms with van der Waals surface area (Å²) in [5, 5.41) is 0.380. The van der Waals surface area contributed by atoms with E-state index in [0.717, 1.165) is 5.56 Å². The molecular weight excluding hydrogens is 293 g/mol. The molecular formula is C16H17ClFNO2. The van der Waals surface area contributed by atoms with Crippen molar-refractivity contribution in [1.29, 1.82) is 0 Å². The molecule has 0 heterocycles. The molecule has 2 N–H and O–H groups in total. The summed E-state index contributed by atoms with van der Waals surface area (Å²) >= 11 is 6.03. The highest BCUT2D eigenvalue weighted by molar-refractivity contribution is 6.31. The zero-order valence-electron chi connectivity index (χ0n) is 11.9. The van der Waals surface area contributed by atoms with Gasteiger partial charge in [0.2, 0.25) is 0 Å². The molecule has 112 valence electrons.